The molecule has 0 aromatic heterocycles. The van der Waals surface area contributed by atoms with Crippen LogP contribution in [0.3, 0.4) is 0 Å². The van der Waals surface area contributed by atoms with Gasteiger partial charge in [0.2, 0.25) is 11.8 Å². The molecule has 196 valence electrons. The van der Waals surface area contributed by atoms with Gasteiger partial charge in [-0.2, -0.15) is 12.6 Å². The van der Waals surface area contributed by atoms with Crippen LogP contribution in [0.4, 0.5) is 4.79 Å². The van der Waals surface area contributed by atoms with Crippen molar-refractivity contribution in [3.05, 3.63) is 35.9 Å². The summed E-state index contributed by atoms with van der Waals surface area (Å²) in [5.74, 6) is -1.28. The Morgan fingerprint density at radius 3 is 2.29 bits per heavy atom. The van der Waals surface area contributed by atoms with Crippen molar-refractivity contribution in [1.29, 1.82) is 0 Å². The third-order valence-electron chi connectivity index (χ3n) is 4.82. The molecule has 2 atom stereocenters. The molecule has 1 rings (SSSR count). The van der Waals surface area contributed by atoms with Gasteiger partial charge in [-0.1, -0.05) is 43.7 Å². The number of alkyl carbamates (subject to hydrolysis) is 1. The highest BCUT2D eigenvalue weighted by molar-refractivity contribution is 7.80. The third-order valence-corrected chi connectivity index (χ3v) is 5.18. The molecule has 0 saturated carbocycles. The van der Waals surface area contributed by atoms with E-state index in [2.05, 4.69) is 23.3 Å². The number of nitrogens with zero attached hydrogens (tertiary/aromatic N) is 1. The van der Waals surface area contributed by atoms with Crippen LogP contribution in [0.1, 0.15) is 65.5 Å². The van der Waals surface area contributed by atoms with Gasteiger partial charge in [0.05, 0.1) is 13.0 Å². The highest BCUT2D eigenvalue weighted by atomic mass is 32.1. The van der Waals surface area contributed by atoms with Gasteiger partial charge in [0.15, 0.2) is 0 Å². The second-order valence-electron chi connectivity index (χ2n) is 8.93. The highest BCUT2D eigenvalue weighted by Gasteiger charge is 2.35. The fourth-order valence-corrected chi connectivity index (χ4v) is 3.50. The van der Waals surface area contributed by atoms with Crippen LogP contribution >= 0.6 is 12.6 Å². The standard InChI is InChI=1S/C25H39N3O6S/c1-6-8-16-28(23(31)19(17-35)27-24(32)34-25(3,4)5)21(18-12-10-9-11-13-18)22(30)26-15-14-20(29)33-7-2/h9-13,19,21,35H,6-8,14-17H2,1-5H3,(H,26,30)(H,27,32). The Bertz CT molecular complexity index is 828. The number of ether oxygens (including phenoxy) is 2. The van der Waals surface area contributed by atoms with Crippen molar-refractivity contribution in [3.63, 3.8) is 0 Å². The number of carbonyl (C=O) groups excluding carboxylic acids is 4. The van der Waals surface area contributed by atoms with Gasteiger partial charge < -0.3 is 25.0 Å². The van der Waals surface area contributed by atoms with E-state index in [4.69, 9.17) is 9.47 Å². The Labute approximate surface area is 213 Å². The number of amides is 3. The van der Waals surface area contributed by atoms with Crippen molar-refractivity contribution in [1.82, 2.24) is 15.5 Å². The van der Waals surface area contributed by atoms with E-state index >= 15 is 0 Å². The van der Waals surface area contributed by atoms with Gasteiger partial charge in [-0.05, 0) is 39.7 Å². The van der Waals surface area contributed by atoms with Crippen molar-refractivity contribution < 1.29 is 28.7 Å². The molecule has 0 aliphatic carbocycles. The van der Waals surface area contributed by atoms with Gasteiger partial charge in [-0.15, -0.1) is 0 Å². The maximum Gasteiger partial charge on any atom is 0.408 e. The predicted octanol–water partition coefficient (Wildman–Crippen LogP) is 3.25. The van der Waals surface area contributed by atoms with E-state index < -0.39 is 41.6 Å². The van der Waals surface area contributed by atoms with Crippen LogP contribution in [0.25, 0.3) is 0 Å². The molecule has 35 heavy (non-hydrogen) atoms. The van der Waals surface area contributed by atoms with Crippen LogP contribution in [0, 0.1) is 0 Å². The van der Waals surface area contributed by atoms with Gasteiger partial charge in [0.1, 0.15) is 17.7 Å². The average molecular weight is 510 g/mol. The van der Waals surface area contributed by atoms with Crippen molar-refractivity contribution in [3.8, 4) is 0 Å². The van der Waals surface area contributed by atoms with Crippen LogP contribution < -0.4 is 10.6 Å². The Morgan fingerprint density at radius 2 is 1.74 bits per heavy atom. The Balaban J connectivity index is 3.20. The number of unbranched alkanes of at least 4 members (excludes halogenated alkanes) is 1. The lowest BCUT2D eigenvalue weighted by Crippen LogP contribution is -2.54. The van der Waals surface area contributed by atoms with Gasteiger partial charge in [0.25, 0.3) is 0 Å². The summed E-state index contributed by atoms with van der Waals surface area (Å²) in [7, 11) is 0. The summed E-state index contributed by atoms with van der Waals surface area (Å²) in [4.78, 5) is 52.4. The first-order valence-corrected chi connectivity index (χ1v) is 12.6. The molecule has 9 nitrogen and oxygen atoms in total. The zero-order valence-electron chi connectivity index (χ0n) is 21.3. The van der Waals surface area contributed by atoms with Crippen molar-refractivity contribution >= 4 is 36.5 Å². The lowest BCUT2D eigenvalue weighted by atomic mass is 10.0. The summed E-state index contributed by atoms with van der Waals surface area (Å²) < 4.78 is 10.2. The van der Waals surface area contributed by atoms with Crippen LogP contribution in [-0.2, 0) is 23.9 Å². The number of hydrogen-bond donors (Lipinski definition) is 3. The number of thiol groups is 1. The van der Waals surface area contributed by atoms with E-state index in [-0.39, 0.29) is 25.3 Å². The molecule has 2 N–H and O–H groups in total. The zero-order valence-corrected chi connectivity index (χ0v) is 22.2. The van der Waals surface area contributed by atoms with Crippen LogP contribution in [0.5, 0.6) is 0 Å². The summed E-state index contributed by atoms with van der Waals surface area (Å²) >= 11 is 4.26. The number of carbonyl (C=O) groups is 4. The molecule has 2 unspecified atom stereocenters. The minimum absolute atomic E-state index is 0.0173. The molecular formula is C25H39N3O6S. The molecule has 0 spiro atoms. The molecule has 0 radical (unpaired) electrons. The first kappa shape index (κ1) is 30.3. The van der Waals surface area contributed by atoms with Crippen LogP contribution in [0.2, 0.25) is 0 Å². The van der Waals surface area contributed by atoms with E-state index in [1.165, 1.54) is 4.90 Å². The number of rotatable bonds is 13. The summed E-state index contributed by atoms with van der Waals surface area (Å²) in [6.07, 6.45) is 0.719. The summed E-state index contributed by atoms with van der Waals surface area (Å²) in [5.41, 5.74) is -0.123. The monoisotopic (exact) mass is 509 g/mol. The first-order chi connectivity index (χ1) is 16.5. The molecule has 0 fully saturated rings. The average Bonchev–Trinajstić information content (AvgIpc) is 2.79. The van der Waals surface area contributed by atoms with E-state index in [1.54, 1.807) is 52.0 Å². The number of esters is 1. The highest BCUT2D eigenvalue weighted by Crippen LogP contribution is 2.23. The molecule has 1 aromatic rings. The molecule has 10 heteroatoms. The fourth-order valence-electron chi connectivity index (χ4n) is 3.26. The van der Waals surface area contributed by atoms with Crippen molar-refractivity contribution in [2.75, 3.05) is 25.4 Å². The van der Waals surface area contributed by atoms with Crippen LogP contribution in [0.15, 0.2) is 30.3 Å². The van der Waals surface area contributed by atoms with Gasteiger partial charge >= 0.3 is 12.1 Å². The summed E-state index contributed by atoms with van der Waals surface area (Å²) in [6, 6.07) is 6.96. The second-order valence-corrected chi connectivity index (χ2v) is 9.29. The largest absolute Gasteiger partial charge is 0.466 e. The minimum Gasteiger partial charge on any atom is -0.466 e. The molecule has 0 aliphatic heterocycles. The smallest absolute Gasteiger partial charge is 0.408 e. The lowest BCUT2D eigenvalue weighted by Gasteiger charge is -2.34. The Kier molecular flexibility index (Phi) is 13.2. The maximum absolute atomic E-state index is 13.6. The van der Waals surface area contributed by atoms with Gasteiger partial charge in [0, 0.05) is 18.8 Å². The van der Waals surface area contributed by atoms with E-state index in [0.29, 0.717) is 18.5 Å². The number of hydrogen-bond acceptors (Lipinski definition) is 7. The quantitative estimate of drug-likeness (QED) is 0.278. The van der Waals surface area contributed by atoms with E-state index in [9.17, 15) is 19.2 Å². The number of nitrogens with one attached hydrogen (secondary N) is 2. The van der Waals surface area contributed by atoms with E-state index in [1.807, 2.05) is 13.0 Å². The molecule has 0 heterocycles. The van der Waals surface area contributed by atoms with Crippen molar-refractivity contribution in [2.45, 2.75) is 71.6 Å². The predicted molar refractivity (Wildman–Crippen MR) is 137 cm³/mol. The topological polar surface area (TPSA) is 114 Å². The SMILES string of the molecule is CCCCN(C(=O)C(CS)NC(=O)OC(C)(C)C)C(C(=O)NCCC(=O)OCC)c1ccccc1. The van der Waals surface area contributed by atoms with Gasteiger partial charge in [-0.25, -0.2) is 4.79 Å². The second kappa shape index (κ2) is 15.3. The zero-order chi connectivity index (χ0) is 26.4. The molecular weight excluding hydrogens is 470 g/mol. The summed E-state index contributed by atoms with van der Waals surface area (Å²) in [5, 5.41) is 5.32. The van der Waals surface area contributed by atoms with Crippen LogP contribution in [-0.4, -0.2) is 65.9 Å². The molecule has 3 amide bonds. The minimum atomic E-state index is -0.997. The fraction of sp³-hybridized carbons (Fsp3) is 0.600. The van der Waals surface area contributed by atoms with E-state index in [0.717, 1.165) is 6.42 Å². The lowest BCUT2D eigenvalue weighted by molar-refractivity contribution is -0.144. The first-order valence-electron chi connectivity index (χ1n) is 11.9. The molecule has 0 saturated heterocycles. The van der Waals surface area contributed by atoms with Gasteiger partial charge in [-0.3, -0.25) is 14.4 Å². The molecule has 0 aliphatic rings. The number of benzene rings is 1. The van der Waals surface area contributed by atoms with Crippen molar-refractivity contribution in [2.24, 2.45) is 0 Å². The Hall–Kier alpha value is -2.75. The third kappa shape index (κ3) is 11.0. The maximum atomic E-state index is 13.6. The molecule has 0 bridgehead atoms. The molecule has 1 aromatic carbocycles. The Morgan fingerprint density at radius 1 is 1.09 bits per heavy atom. The summed E-state index contributed by atoms with van der Waals surface area (Å²) in [6.45, 7) is 9.49. The normalized spacial score (nSPS) is 12.7.